The number of aryl methyl sites for hydroxylation is 2. The van der Waals surface area contributed by atoms with Gasteiger partial charge in [-0.15, -0.1) is 0 Å². The number of rotatable bonds is 9. The summed E-state index contributed by atoms with van der Waals surface area (Å²) in [7, 11) is 0. The van der Waals surface area contributed by atoms with Gasteiger partial charge in [0, 0.05) is 35.6 Å². The van der Waals surface area contributed by atoms with E-state index in [1.54, 1.807) is 41.9 Å². The Morgan fingerprint density at radius 1 is 1.03 bits per heavy atom. The summed E-state index contributed by atoms with van der Waals surface area (Å²) < 4.78 is 40.7. The van der Waals surface area contributed by atoms with E-state index in [0.29, 0.717) is 34.5 Å². The van der Waals surface area contributed by atoms with Crippen LogP contribution in [0.1, 0.15) is 33.6 Å². The number of carboxylic acid groups (broad SMARTS) is 1. The second kappa shape index (κ2) is 11.2. The lowest BCUT2D eigenvalue weighted by Crippen LogP contribution is -2.14. The molecule has 4 N–H and O–H groups in total. The number of alkyl halides is 3. The van der Waals surface area contributed by atoms with Crippen LogP contribution in [0.15, 0.2) is 60.9 Å². The van der Waals surface area contributed by atoms with E-state index < -0.39 is 23.6 Å². The van der Waals surface area contributed by atoms with Gasteiger partial charge in [0.1, 0.15) is 18.0 Å². The summed E-state index contributed by atoms with van der Waals surface area (Å²) in [4.78, 5) is 31.8. The molecule has 2 heterocycles. The number of carbonyl (C=O) groups is 2. The highest BCUT2D eigenvalue weighted by Gasteiger charge is 2.30. The first-order chi connectivity index (χ1) is 18.5. The van der Waals surface area contributed by atoms with Crippen LogP contribution in [0.2, 0.25) is 0 Å². The van der Waals surface area contributed by atoms with Gasteiger partial charge in [-0.2, -0.15) is 23.0 Å². The third kappa shape index (κ3) is 6.89. The predicted octanol–water partition coefficient (Wildman–Crippen LogP) is 5.18. The van der Waals surface area contributed by atoms with Crippen LogP contribution in [0, 0.1) is 13.8 Å². The van der Waals surface area contributed by atoms with Crippen LogP contribution in [0.25, 0.3) is 5.82 Å². The number of halogens is 3. The molecule has 0 bridgehead atoms. The van der Waals surface area contributed by atoms with Crippen molar-refractivity contribution >= 4 is 34.9 Å². The molecule has 4 aromatic rings. The maximum Gasteiger partial charge on any atom is 0.416 e. The fraction of sp³-hybridized carbons (Fsp3) is 0.192. The van der Waals surface area contributed by atoms with E-state index in [0.717, 1.165) is 17.7 Å². The van der Waals surface area contributed by atoms with Gasteiger partial charge < -0.3 is 21.1 Å². The third-order valence-electron chi connectivity index (χ3n) is 5.56. The molecule has 2 aromatic heterocycles. The van der Waals surface area contributed by atoms with Gasteiger partial charge in [-0.3, -0.25) is 9.59 Å². The van der Waals surface area contributed by atoms with Crippen molar-refractivity contribution in [3.63, 3.8) is 0 Å². The van der Waals surface area contributed by atoms with Crippen LogP contribution in [0.3, 0.4) is 0 Å². The van der Waals surface area contributed by atoms with Gasteiger partial charge in [-0.1, -0.05) is 12.1 Å². The Kier molecular flexibility index (Phi) is 7.79. The summed E-state index contributed by atoms with van der Waals surface area (Å²) in [5.74, 6) is -0.219. The van der Waals surface area contributed by atoms with Crippen molar-refractivity contribution in [2.45, 2.75) is 26.4 Å². The number of aromatic nitrogens is 4. The molecule has 13 heteroatoms. The monoisotopic (exact) mass is 539 g/mol. The summed E-state index contributed by atoms with van der Waals surface area (Å²) in [6.45, 7) is 3.84. The lowest BCUT2D eigenvalue weighted by Gasteiger charge is -2.14. The number of carbonyl (C=O) groups excluding carboxylic acids is 1. The summed E-state index contributed by atoms with van der Waals surface area (Å²) in [5.41, 5.74) is 1.48. The average Bonchev–Trinajstić information content (AvgIpc) is 3.25. The fourth-order valence-corrected chi connectivity index (χ4v) is 3.63. The molecule has 0 spiro atoms. The Bertz CT molecular complexity index is 1520. The minimum Gasteiger partial charge on any atom is -0.481 e. The first-order valence-corrected chi connectivity index (χ1v) is 11.7. The highest BCUT2D eigenvalue weighted by Crippen LogP contribution is 2.30. The van der Waals surface area contributed by atoms with E-state index in [-0.39, 0.29) is 18.5 Å². The normalized spacial score (nSPS) is 11.2. The molecular formula is C26H24F3N7O3. The van der Waals surface area contributed by atoms with Gasteiger partial charge in [-0.05, 0) is 49.7 Å². The van der Waals surface area contributed by atoms with E-state index >= 15 is 0 Å². The maximum atomic E-state index is 13.0. The van der Waals surface area contributed by atoms with Gasteiger partial charge in [-0.25, -0.2) is 9.97 Å². The number of benzene rings is 2. The molecule has 10 nitrogen and oxygen atoms in total. The zero-order chi connectivity index (χ0) is 28.2. The second-order valence-electron chi connectivity index (χ2n) is 8.60. The van der Waals surface area contributed by atoms with Crippen molar-refractivity contribution in [1.29, 1.82) is 0 Å². The number of aliphatic carboxylic acids is 1. The number of nitrogens with zero attached hydrogens (tertiary/aromatic N) is 4. The summed E-state index contributed by atoms with van der Waals surface area (Å²) >= 11 is 0. The molecule has 1 amide bonds. The van der Waals surface area contributed by atoms with Crippen molar-refractivity contribution in [2.24, 2.45) is 0 Å². The number of anilines is 4. The van der Waals surface area contributed by atoms with Crippen LogP contribution in [-0.2, 0) is 11.0 Å². The van der Waals surface area contributed by atoms with Crippen molar-refractivity contribution in [3.05, 3.63) is 83.3 Å². The Morgan fingerprint density at radius 3 is 2.56 bits per heavy atom. The van der Waals surface area contributed by atoms with Gasteiger partial charge in [0.15, 0.2) is 5.82 Å². The topological polar surface area (TPSA) is 134 Å². The van der Waals surface area contributed by atoms with Crippen molar-refractivity contribution in [2.75, 3.05) is 22.5 Å². The molecule has 0 aliphatic heterocycles. The van der Waals surface area contributed by atoms with Gasteiger partial charge in [0.25, 0.3) is 5.91 Å². The maximum absolute atomic E-state index is 13.0. The van der Waals surface area contributed by atoms with Crippen LogP contribution in [0.4, 0.5) is 36.2 Å². The molecule has 0 fully saturated rings. The van der Waals surface area contributed by atoms with Gasteiger partial charge in [0.05, 0.1) is 17.7 Å². The number of hydrogen-bond donors (Lipinski definition) is 4. The Labute approximate surface area is 220 Å². The molecule has 4 rings (SSSR count). The Balaban J connectivity index is 1.55. The molecule has 2 aromatic carbocycles. The first kappa shape index (κ1) is 27.1. The Hall–Kier alpha value is -4.94. The summed E-state index contributed by atoms with van der Waals surface area (Å²) in [6.07, 6.45) is -3.31. The molecule has 0 saturated carbocycles. The Morgan fingerprint density at radius 2 is 1.82 bits per heavy atom. The third-order valence-corrected chi connectivity index (χ3v) is 5.56. The molecule has 0 radical (unpaired) electrons. The van der Waals surface area contributed by atoms with E-state index in [4.69, 9.17) is 5.11 Å². The van der Waals surface area contributed by atoms with Crippen LogP contribution in [-0.4, -0.2) is 43.3 Å². The molecule has 0 unspecified atom stereocenters. The molecule has 0 saturated heterocycles. The zero-order valence-electron chi connectivity index (χ0n) is 20.9. The number of carboxylic acids is 1. The highest BCUT2D eigenvalue weighted by atomic mass is 19.4. The first-order valence-electron chi connectivity index (χ1n) is 11.7. The van der Waals surface area contributed by atoms with Crippen LogP contribution >= 0.6 is 0 Å². The minimum atomic E-state index is -4.56. The average molecular weight is 540 g/mol. The summed E-state index contributed by atoms with van der Waals surface area (Å²) in [6, 6.07) is 12.7. The molecule has 0 aliphatic rings. The number of amides is 1. The zero-order valence-corrected chi connectivity index (χ0v) is 20.9. The van der Waals surface area contributed by atoms with E-state index in [2.05, 4.69) is 31.0 Å². The van der Waals surface area contributed by atoms with Gasteiger partial charge >= 0.3 is 12.1 Å². The van der Waals surface area contributed by atoms with E-state index in [9.17, 15) is 22.8 Å². The quantitative estimate of drug-likeness (QED) is 0.229. The van der Waals surface area contributed by atoms with E-state index in [1.807, 2.05) is 6.92 Å². The molecule has 0 aliphatic carbocycles. The van der Waals surface area contributed by atoms with Crippen molar-refractivity contribution < 1.29 is 27.9 Å². The van der Waals surface area contributed by atoms with Crippen molar-refractivity contribution in [3.8, 4) is 5.82 Å². The molecule has 0 atom stereocenters. The highest BCUT2D eigenvalue weighted by molar-refractivity contribution is 6.04. The lowest BCUT2D eigenvalue weighted by molar-refractivity contribution is -0.138. The van der Waals surface area contributed by atoms with Crippen LogP contribution < -0.4 is 16.0 Å². The smallest absolute Gasteiger partial charge is 0.416 e. The van der Waals surface area contributed by atoms with E-state index in [1.165, 1.54) is 18.5 Å². The predicted molar refractivity (Wildman–Crippen MR) is 138 cm³/mol. The minimum absolute atomic E-state index is 0.0764. The second-order valence-corrected chi connectivity index (χ2v) is 8.60. The number of nitrogens with one attached hydrogen (secondary N) is 3. The number of hydrogen-bond acceptors (Lipinski definition) is 7. The van der Waals surface area contributed by atoms with Gasteiger partial charge in [0.2, 0.25) is 0 Å². The molecule has 202 valence electrons. The lowest BCUT2D eigenvalue weighted by atomic mass is 10.1. The SMILES string of the molecule is Cc1cc(Nc2cc(NC(=O)c3cccc(C(F)(F)F)c3)ccc2C)n(-c2cc(NCCC(=O)O)ncn2)n1. The van der Waals surface area contributed by atoms with Crippen LogP contribution in [0.5, 0.6) is 0 Å². The standard InChI is InChI=1S/C26H24F3N7O3/c1-15-6-7-19(33-25(39)17-4-3-5-18(11-17)26(27,28)29)12-20(15)34-23-10-16(2)35-36(23)22-13-21(31-14-32-22)30-9-8-24(37)38/h3-7,10-14,34H,8-9H2,1-2H3,(H,33,39)(H,37,38)(H,30,31,32). The largest absolute Gasteiger partial charge is 0.481 e. The molecular weight excluding hydrogens is 515 g/mol. The fourth-order valence-electron chi connectivity index (χ4n) is 3.63. The van der Waals surface area contributed by atoms with Crippen molar-refractivity contribution in [1.82, 2.24) is 19.7 Å². The summed E-state index contributed by atoms with van der Waals surface area (Å²) in [5, 5.41) is 22.1. The molecule has 39 heavy (non-hydrogen) atoms.